The van der Waals surface area contributed by atoms with Gasteiger partial charge in [-0.1, -0.05) is 35.3 Å². The van der Waals surface area contributed by atoms with Crippen molar-refractivity contribution in [2.45, 2.75) is 39.5 Å². The number of fused-ring (bicyclic) bond motifs is 2. The van der Waals surface area contributed by atoms with Crippen LogP contribution < -0.4 is 16.0 Å². The molecule has 0 radical (unpaired) electrons. The van der Waals surface area contributed by atoms with E-state index in [-0.39, 0.29) is 5.54 Å². The van der Waals surface area contributed by atoms with Gasteiger partial charge in [-0.3, -0.25) is 0 Å². The number of nitrogens with zero attached hydrogens (tertiary/aromatic N) is 3. The van der Waals surface area contributed by atoms with Crippen LogP contribution in [0.25, 0.3) is 22.2 Å². The molecule has 3 heterocycles. The summed E-state index contributed by atoms with van der Waals surface area (Å²) in [5.41, 5.74) is 4.84. The van der Waals surface area contributed by atoms with Crippen LogP contribution in [0.1, 0.15) is 31.9 Å². The number of halogens is 2. The van der Waals surface area contributed by atoms with Gasteiger partial charge in [0.2, 0.25) is 5.95 Å². The van der Waals surface area contributed by atoms with E-state index in [0.717, 1.165) is 16.6 Å². The molecule has 3 N–H and O–H groups in total. The number of pyridine rings is 1. The minimum Gasteiger partial charge on any atom is -0.372 e. The molecule has 0 atom stereocenters. The van der Waals surface area contributed by atoms with Crippen LogP contribution >= 0.6 is 35.4 Å². The van der Waals surface area contributed by atoms with E-state index in [2.05, 4.69) is 38.1 Å². The van der Waals surface area contributed by atoms with E-state index in [1.807, 2.05) is 32.9 Å². The van der Waals surface area contributed by atoms with E-state index in [9.17, 15) is 0 Å². The lowest BCUT2D eigenvalue weighted by molar-refractivity contribution is 0.134. The van der Waals surface area contributed by atoms with Crippen molar-refractivity contribution < 1.29 is 4.74 Å². The molecule has 0 amide bonds. The minimum absolute atomic E-state index is 0.233. The van der Waals surface area contributed by atoms with Gasteiger partial charge in [0.05, 0.1) is 23.3 Å². The Bertz CT molecular complexity index is 1470. The third kappa shape index (κ3) is 5.37. The molecule has 0 fully saturated rings. The number of ether oxygens (including phenoxy) is 1. The van der Waals surface area contributed by atoms with Crippen molar-refractivity contribution in [1.82, 2.24) is 20.3 Å². The van der Waals surface area contributed by atoms with Gasteiger partial charge in [0.25, 0.3) is 0 Å². The molecule has 1 aliphatic heterocycles. The third-order valence-corrected chi connectivity index (χ3v) is 6.33. The molecule has 0 spiro atoms. The molecule has 0 unspecified atom stereocenters. The summed E-state index contributed by atoms with van der Waals surface area (Å²) in [5.74, 6) is 0.914. The molecule has 2 aromatic carbocycles. The highest BCUT2D eigenvalue weighted by molar-refractivity contribution is 7.80. The topological polar surface area (TPSA) is 84.0 Å². The first-order valence-corrected chi connectivity index (χ1v) is 12.5. The summed E-state index contributed by atoms with van der Waals surface area (Å²) in [5, 5.41) is 11.9. The Morgan fingerprint density at radius 2 is 1.75 bits per heavy atom. The zero-order chi connectivity index (χ0) is 25.4. The summed E-state index contributed by atoms with van der Waals surface area (Å²) in [6.07, 6.45) is 1.72. The number of hydrogen-bond acceptors (Lipinski definition) is 6. The maximum atomic E-state index is 6.55. The van der Waals surface area contributed by atoms with E-state index in [4.69, 9.17) is 45.1 Å². The van der Waals surface area contributed by atoms with Gasteiger partial charge in [-0.15, -0.1) is 0 Å². The normalized spacial score (nSPS) is 12.9. The number of rotatable bonds is 4. The molecule has 5 rings (SSSR count). The van der Waals surface area contributed by atoms with E-state index in [0.29, 0.717) is 56.9 Å². The van der Waals surface area contributed by atoms with E-state index >= 15 is 0 Å². The van der Waals surface area contributed by atoms with Crippen molar-refractivity contribution in [1.29, 1.82) is 0 Å². The predicted octanol–water partition coefficient (Wildman–Crippen LogP) is 6.86. The molecular weight excluding hydrogens is 515 g/mol. The van der Waals surface area contributed by atoms with E-state index < -0.39 is 0 Å². The summed E-state index contributed by atoms with van der Waals surface area (Å²) in [6.45, 7) is 7.33. The predicted molar refractivity (Wildman–Crippen MR) is 150 cm³/mol. The fourth-order valence-electron chi connectivity index (χ4n) is 3.92. The van der Waals surface area contributed by atoms with Gasteiger partial charge in [0, 0.05) is 33.9 Å². The van der Waals surface area contributed by atoms with Crippen LogP contribution in [0, 0.1) is 0 Å². The van der Waals surface area contributed by atoms with Crippen LogP contribution in [0.3, 0.4) is 0 Å². The highest BCUT2D eigenvalue weighted by Crippen LogP contribution is 2.39. The summed E-state index contributed by atoms with van der Waals surface area (Å²) in [4.78, 5) is 13.9. The van der Waals surface area contributed by atoms with Crippen molar-refractivity contribution in [3.05, 3.63) is 69.8 Å². The molecule has 0 bridgehead atoms. The fraction of sp³-hybridized carbons (Fsp3) is 0.231. The average Bonchev–Trinajstić information content (AvgIpc) is 3.26. The lowest BCUT2D eigenvalue weighted by atomic mass is 10.0. The Morgan fingerprint density at radius 1 is 1.00 bits per heavy atom. The molecule has 10 heteroatoms. The number of thiocarbonyl (C=S) groups is 1. The largest absolute Gasteiger partial charge is 0.372 e. The molecular formula is C26H24Cl2N6OS. The van der Waals surface area contributed by atoms with Crippen molar-refractivity contribution in [3.8, 4) is 11.1 Å². The zero-order valence-electron chi connectivity index (χ0n) is 19.9. The molecule has 4 aromatic rings. The monoisotopic (exact) mass is 538 g/mol. The maximum absolute atomic E-state index is 6.55. The Labute approximate surface area is 224 Å². The number of anilines is 3. The molecule has 0 saturated carbocycles. The Kier molecular flexibility index (Phi) is 6.70. The van der Waals surface area contributed by atoms with Crippen LogP contribution in [-0.2, 0) is 18.0 Å². The lowest BCUT2D eigenvalue weighted by Crippen LogP contribution is -2.43. The van der Waals surface area contributed by atoms with Gasteiger partial charge < -0.3 is 20.7 Å². The molecule has 0 aliphatic carbocycles. The number of benzene rings is 2. The number of aromatic nitrogens is 3. The van der Waals surface area contributed by atoms with E-state index in [1.54, 1.807) is 24.4 Å². The second-order valence-electron chi connectivity index (χ2n) is 9.52. The van der Waals surface area contributed by atoms with Crippen LogP contribution in [0.2, 0.25) is 10.0 Å². The molecule has 1 aliphatic rings. The maximum Gasteiger partial charge on any atom is 0.229 e. The zero-order valence-corrected chi connectivity index (χ0v) is 22.3. The van der Waals surface area contributed by atoms with Crippen LogP contribution in [-0.4, -0.2) is 25.6 Å². The Balaban J connectivity index is 1.55. The van der Waals surface area contributed by atoms with Crippen molar-refractivity contribution in [3.63, 3.8) is 0 Å². The highest BCUT2D eigenvalue weighted by atomic mass is 35.5. The molecule has 2 aromatic heterocycles. The second-order valence-corrected chi connectivity index (χ2v) is 10.7. The summed E-state index contributed by atoms with van der Waals surface area (Å²) >= 11 is 18.6. The average molecular weight is 539 g/mol. The minimum atomic E-state index is -0.233. The van der Waals surface area contributed by atoms with Gasteiger partial charge >= 0.3 is 0 Å². The van der Waals surface area contributed by atoms with Gasteiger partial charge in [-0.05, 0) is 74.4 Å². The Hall–Kier alpha value is -3.04. The first-order chi connectivity index (χ1) is 17.2. The van der Waals surface area contributed by atoms with Gasteiger partial charge in [-0.2, -0.15) is 4.98 Å². The third-order valence-electron chi connectivity index (χ3n) is 5.50. The van der Waals surface area contributed by atoms with Gasteiger partial charge in [0.1, 0.15) is 5.82 Å². The Morgan fingerprint density at radius 3 is 2.50 bits per heavy atom. The fourth-order valence-corrected chi connectivity index (χ4v) is 4.93. The SMILES string of the molecule is CC(C)(C)NC(=S)Nc1nc2nc(Nc3ccc4c(c3)COC4)ncc2cc1-c1c(Cl)cccc1Cl. The summed E-state index contributed by atoms with van der Waals surface area (Å²) < 4.78 is 5.51. The van der Waals surface area contributed by atoms with Gasteiger partial charge in [0.15, 0.2) is 10.8 Å². The number of hydrogen-bond donors (Lipinski definition) is 3. The molecule has 7 nitrogen and oxygen atoms in total. The van der Waals surface area contributed by atoms with Crippen LogP contribution in [0.5, 0.6) is 0 Å². The van der Waals surface area contributed by atoms with Crippen molar-refractivity contribution >= 4 is 69.0 Å². The van der Waals surface area contributed by atoms with Crippen LogP contribution in [0.4, 0.5) is 17.5 Å². The first kappa shape index (κ1) is 24.6. The summed E-state index contributed by atoms with van der Waals surface area (Å²) in [7, 11) is 0. The quantitative estimate of drug-likeness (QED) is 0.243. The smallest absolute Gasteiger partial charge is 0.229 e. The second kappa shape index (κ2) is 9.78. The van der Waals surface area contributed by atoms with Crippen molar-refractivity contribution in [2.75, 3.05) is 10.6 Å². The van der Waals surface area contributed by atoms with Gasteiger partial charge in [-0.25, -0.2) is 9.97 Å². The van der Waals surface area contributed by atoms with Crippen LogP contribution in [0.15, 0.2) is 48.7 Å². The number of nitrogens with one attached hydrogen (secondary N) is 3. The first-order valence-electron chi connectivity index (χ1n) is 11.3. The van der Waals surface area contributed by atoms with Crippen molar-refractivity contribution in [2.24, 2.45) is 0 Å². The van der Waals surface area contributed by atoms with E-state index in [1.165, 1.54) is 5.56 Å². The standard InChI is InChI=1S/C26H24Cl2N6OS/c1-26(2,3)34-25(36)33-23-18(21-19(27)5-4-6-20(21)28)10-15-11-29-24(32-22(15)31-23)30-17-8-7-14-12-35-13-16(14)9-17/h4-11H,12-13H2,1-3H3,(H3,29,30,31,32,33,34,36). The summed E-state index contributed by atoms with van der Waals surface area (Å²) in [6, 6.07) is 13.4. The molecule has 0 saturated heterocycles. The lowest BCUT2D eigenvalue weighted by Gasteiger charge is -2.23. The highest BCUT2D eigenvalue weighted by Gasteiger charge is 2.19. The molecule has 184 valence electrons. The molecule has 36 heavy (non-hydrogen) atoms.